The number of benzene rings is 2. The van der Waals surface area contributed by atoms with E-state index in [2.05, 4.69) is 10.2 Å². The number of rotatable bonds is 7. The summed E-state index contributed by atoms with van der Waals surface area (Å²) in [5.74, 6) is -11.1. The lowest BCUT2D eigenvalue weighted by Crippen LogP contribution is -2.55. The minimum atomic E-state index is -2.32. The zero-order valence-electron chi connectivity index (χ0n) is 19.3. The van der Waals surface area contributed by atoms with Crippen LogP contribution in [0.2, 0.25) is 0 Å². The van der Waals surface area contributed by atoms with Crippen LogP contribution >= 0.6 is 0 Å². The third-order valence-corrected chi connectivity index (χ3v) is 5.97. The number of hydrogen-bond acceptors (Lipinski definition) is 6. The fraction of sp³-hybridized carbons (Fsp3) is 0.333. The number of piperazine rings is 1. The van der Waals surface area contributed by atoms with Gasteiger partial charge in [0.25, 0.3) is 0 Å². The van der Waals surface area contributed by atoms with Gasteiger partial charge in [-0.3, -0.25) is 14.5 Å². The van der Waals surface area contributed by atoms with Crippen LogP contribution in [0.15, 0.2) is 24.3 Å². The zero-order chi connectivity index (χ0) is 26.7. The fourth-order valence-electron chi connectivity index (χ4n) is 3.98. The molecule has 0 saturated carbocycles. The number of hydrogen-bond donors (Lipinski definition) is 2. The number of halogens is 5. The molecule has 0 spiro atoms. The van der Waals surface area contributed by atoms with Crippen LogP contribution in [0.3, 0.4) is 0 Å². The fourth-order valence-corrected chi connectivity index (χ4v) is 3.98. The van der Waals surface area contributed by atoms with Gasteiger partial charge in [-0.2, -0.15) is 0 Å². The molecule has 0 aromatic heterocycles. The molecule has 2 aromatic carbocycles. The highest BCUT2D eigenvalue weighted by molar-refractivity contribution is 5.95. The molecule has 2 aliphatic rings. The number of fused-ring (bicyclic) bond motifs is 1. The van der Waals surface area contributed by atoms with Crippen LogP contribution in [0.4, 0.5) is 22.0 Å². The van der Waals surface area contributed by atoms with Crippen LogP contribution in [-0.4, -0.2) is 72.3 Å². The van der Waals surface area contributed by atoms with Crippen molar-refractivity contribution in [1.29, 1.82) is 0 Å². The smallest absolute Gasteiger partial charge is 0.247 e. The lowest BCUT2D eigenvalue weighted by Gasteiger charge is -2.36. The maximum atomic E-state index is 13.8. The highest BCUT2D eigenvalue weighted by Crippen LogP contribution is 2.33. The molecule has 1 saturated heterocycles. The summed E-state index contributed by atoms with van der Waals surface area (Å²) >= 11 is 0. The molecule has 2 amide bonds. The van der Waals surface area contributed by atoms with Crippen LogP contribution in [0, 0.1) is 29.1 Å². The second-order valence-electron chi connectivity index (χ2n) is 8.35. The summed E-state index contributed by atoms with van der Waals surface area (Å²) in [6.07, 6.45) is 0.914. The van der Waals surface area contributed by atoms with Crippen LogP contribution in [-0.2, 0) is 16.1 Å². The van der Waals surface area contributed by atoms with Crippen molar-refractivity contribution in [3.05, 3.63) is 64.5 Å². The predicted octanol–water partition coefficient (Wildman–Crippen LogP) is 1.95. The van der Waals surface area contributed by atoms with E-state index in [1.54, 1.807) is 0 Å². The number of amides is 2. The van der Waals surface area contributed by atoms with E-state index in [-0.39, 0.29) is 6.79 Å². The number of carbonyl (C=O) groups excluding carboxylic acids is 2. The van der Waals surface area contributed by atoms with E-state index in [0.717, 1.165) is 5.56 Å². The Bertz CT molecular complexity index is 1200. The summed E-state index contributed by atoms with van der Waals surface area (Å²) in [6.45, 7) is 1.69. The maximum Gasteiger partial charge on any atom is 0.247 e. The largest absolute Gasteiger partial charge is 0.454 e. The van der Waals surface area contributed by atoms with Crippen molar-refractivity contribution >= 4 is 17.9 Å². The van der Waals surface area contributed by atoms with Gasteiger partial charge < -0.3 is 24.8 Å². The quantitative estimate of drug-likeness (QED) is 0.248. The van der Waals surface area contributed by atoms with Gasteiger partial charge >= 0.3 is 0 Å². The summed E-state index contributed by atoms with van der Waals surface area (Å²) in [4.78, 5) is 28.5. The molecular weight excluding hydrogens is 505 g/mol. The second kappa shape index (κ2) is 11.1. The first-order chi connectivity index (χ1) is 17.7. The summed E-state index contributed by atoms with van der Waals surface area (Å²) in [5, 5.41) is 11.8. The Kier molecular flexibility index (Phi) is 7.93. The number of ether oxygens (including phenoxy) is 2. The lowest BCUT2D eigenvalue weighted by molar-refractivity contribution is -0.138. The summed E-state index contributed by atoms with van der Waals surface area (Å²) in [7, 11) is 0. The third-order valence-electron chi connectivity index (χ3n) is 5.97. The Labute approximate surface area is 207 Å². The highest BCUT2D eigenvalue weighted by atomic mass is 19.2. The Hall–Kier alpha value is -3.71. The molecule has 2 heterocycles. The van der Waals surface area contributed by atoms with Gasteiger partial charge in [0.2, 0.25) is 24.4 Å². The van der Waals surface area contributed by atoms with Crippen LogP contribution in [0.1, 0.15) is 11.1 Å². The summed E-state index contributed by atoms with van der Waals surface area (Å²) in [6, 6.07) is 4.26. The van der Waals surface area contributed by atoms with E-state index in [1.807, 2.05) is 18.2 Å². The lowest BCUT2D eigenvalue weighted by atomic mass is 10.1. The van der Waals surface area contributed by atoms with Crippen molar-refractivity contribution in [2.24, 2.45) is 0 Å². The summed E-state index contributed by atoms with van der Waals surface area (Å²) in [5.41, 5.74) is -0.304. The number of carbonyl (C=O) groups is 2. The molecule has 2 N–H and O–H groups in total. The Morgan fingerprint density at radius 2 is 1.57 bits per heavy atom. The van der Waals surface area contributed by atoms with Crippen molar-refractivity contribution in [3.63, 3.8) is 0 Å². The molecule has 1 fully saturated rings. The second-order valence-corrected chi connectivity index (χ2v) is 8.35. The van der Waals surface area contributed by atoms with E-state index in [9.17, 15) is 36.6 Å². The molecule has 0 aliphatic carbocycles. The average Bonchev–Trinajstić information content (AvgIpc) is 3.37. The molecule has 1 atom stereocenters. The number of aliphatic hydroxyl groups is 1. The highest BCUT2D eigenvalue weighted by Gasteiger charge is 2.29. The number of nitrogens with zero attached hydrogens (tertiary/aromatic N) is 2. The first kappa shape index (κ1) is 26.4. The topological polar surface area (TPSA) is 91.3 Å². The monoisotopic (exact) mass is 527 g/mol. The van der Waals surface area contributed by atoms with Gasteiger partial charge in [-0.05, 0) is 23.8 Å². The molecule has 0 radical (unpaired) electrons. The van der Waals surface area contributed by atoms with Gasteiger partial charge in [0, 0.05) is 38.8 Å². The van der Waals surface area contributed by atoms with Gasteiger partial charge in [0.1, 0.15) is 6.04 Å². The first-order valence-electron chi connectivity index (χ1n) is 11.2. The van der Waals surface area contributed by atoms with Crippen molar-refractivity contribution in [1.82, 2.24) is 15.1 Å². The van der Waals surface area contributed by atoms with Gasteiger partial charge in [0.05, 0.1) is 12.2 Å². The van der Waals surface area contributed by atoms with E-state index in [1.165, 1.54) is 4.90 Å². The standard InChI is InChI=1S/C24H22F5N3O5/c25-19-14(20(26)22(28)23(29)21(19)27)2-4-18(34)30-15(11-33)24(35)32-7-5-31(6-8-32)10-13-1-3-16-17(9-13)37-12-36-16/h1-4,9,15,33H,5-8,10-12H2,(H,30,34)/t15-/m0/s1. The third kappa shape index (κ3) is 5.67. The molecule has 13 heteroatoms. The minimum Gasteiger partial charge on any atom is -0.454 e. The average molecular weight is 527 g/mol. The number of aliphatic hydroxyl groups excluding tert-OH is 1. The van der Waals surface area contributed by atoms with E-state index in [4.69, 9.17) is 9.47 Å². The Morgan fingerprint density at radius 3 is 2.22 bits per heavy atom. The van der Waals surface area contributed by atoms with Crippen molar-refractivity contribution in [2.45, 2.75) is 12.6 Å². The van der Waals surface area contributed by atoms with Crippen LogP contribution in [0.5, 0.6) is 11.5 Å². The van der Waals surface area contributed by atoms with Crippen molar-refractivity contribution in [2.75, 3.05) is 39.6 Å². The SMILES string of the molecule is O=C(C=Cc1c(F)c(F)c(F)c(F)c1F)N[C@@H](CO)C(=O)N1CCN(Cc2ccc3c(c2)OCO3)CC1. The summed E-state index contributed by atoms with van der Waals surface area (Å²) < 4.78 is 78.0. The Balaban J connectivity index is 1.31. The van der Waals surface area contributed by atoms with Crippen LogP contribution < -0.4 is 14.8 Å². The number of nitrogens with one attached hydrogen (secondary N) is 1. The molecule has 0 bridgehead atoms. The molecule has 8 nitrogen and oxygen atoms in total. The predicted molar refractivity (Wildman–Crippen MR) is 119 cm³/mol. The van der Waals surface area contributed by atoms with Crippen molar-refractivity contribution in [3.8, 4) is 11.5 Å². The van der Waals surface area contributed by atoms with Crippen molar-refractivity contribution < 1.29 is 46.1 Å². The van der Waals surface area contributed by atoms with Gasteiger partial charge in [-0.15, -0.1) is 0 Å². The molecule has 4 rings (SSSR count). The van der Waals surface area contributed by atoms with Gasteiger partial charge in [-0.1, -0.05) is 6.07 Å². The molecule has 198 valence electrons. The Morgan fingerprint density at radius 1 is 0.946 bits per heavy atom. The van der Waals surface area contributed by atoms with E-state index < -0.39 is 59.1 Å². The molecule has 2 aliphatic heterocycles. The molecule has 2 aromatic rings. The molecular formula is C24H22F5N3O5. The van der Waals surface area contributed by atoms with Crippen LogP contribution in [0.25, 0.3) is 6.08 Å². The van der Waals surface area contributed by atoms with Gasteiger partial charge in [-0.25, -0.2) is 22.0 Å². The minimum absolute atomic E-state index is 0.176. The van der Waals surface area contributed by atoms with E-state index >= 15 is 0 Å². The normalized spacial score (nSPS) is 16.3. The first-order valence-corrected chi connectivity index (χ1v) is 11.2. The zero-order valence-corrected chi connectivity index (χ0v) is 19.3. The molecule has 37 heavy (non-hydrogen) atoms. The van der Waals surface area contributed by atoms with E-state index in [0.29, 0.717) is 56.4 Å². The molecule has 0 unspecified atom stereocenters. The maximum absolute atomic E-state index is 13.8. The van der Waals surface area contributed by atoms with Gasteiger partial charge in [0.15, 0.2) is 34.8 Å².